The molecule has 0 saturated carbocycles. The largest absolute Gasteiger partial charge is 0.353 e. The van der Waals surface area contributed by atoms with Crippen molar-refractivity contribution in [3.8, 4) is 0 Å². The third-order valence-electron chi connectivity index (χ3n) is 3.75. The summed E-state index contributed by atoms with van der Waals surface area (Å²) in [5, 5.41) is 8.94. The molecule has 1 aromatic heterocycles. The van der Waals surface area contributed by atoms with Gasteiger partial charge in [0.25, 0.3) is 5.91 Å². The van der Waals surface area contributed by atoms with Gasteiger partial charge in [0, 0.05) is 24.2 Å². The molecule has 0 aliphatic carbocycles. The third-order valence-corrected chi connectivity index (χ3v) is 4.76. The van der Waals surface area contributed by atoms with Gasteiger partial charge >= 0.3 is 0 Å². The maximum atomic E-state index is 14.2. The first-order valence-corrected chi connectivity index (χ1v) is 7.70. The van der Waals surface area contributed by atoms with E-state index in [4.69, 9.17) is 0 Å². The number of fused-ring (bicyclic) bond motifs is 1. The van der Waals surface area contributed by atoms with Crippen molar-refractivity contribution in [2.75, 3.05) is 19.6 Å². The normalized spacial score (nSPS) is 21.2. The van der Waals surface area contributed by atoms with Gasteiger partial charge in [0.05, 0.1) is 0 Å². The van der Waals surface area contributed by atoms with Crippen LogP contribution in [0.25, 0.3) is 10.1 Å². The Bertz CT molecular complexity index is 625. The fourth-order valence-corrected chi connectivity index (χ4v) is 3.55. The fourth-order valence-electron chi connectivity index (χ4n) is 2.55. The first kappa shape index (κ1) is 16.2. The van der Waals surface area contributed by atoms with Crippen LogP contribution in [0.3, 0.4) is 0 Å². The van der Waals surface area contributed by atoms with Crippen LogP contribution in [0.2, 0.25) is 0 Å². The minimum Gasteiger partial charge on any atom is -0.353 e. The van der Waals surface area contributed by atoms with Gasteiger partial charge in [-0.1, -0.05) is 18.2 Å². The summed E-state index contributed by atoms with van der Waals surface area (Å²) in [6, 6.07) is 8.20. The number of benzene rings is 1. The number of hydrogen-bond donors (Lipinski definition) is 2. The summed E-state index contributed by atoms with van der Waals surface area (Å²) in [5.74, 6) is -0.484. The number of halogens is 2. The number of nitrogens with one attached hydrogen (secondary N) is 2. The van der Waals surface area contributed by atoms with Crippen LogP contribution in [-0.2, 0) is 11.2 Å². The maximum Gasteiger partial charge on any atom is 0.259 e. The molecule has 0 spiro atoms. The summed E-state index contributed by atoms with van der Waals surface area (Å²) in [4.78, 5) is 11.8. The van der Waals surface area contributed by atoms with E-state index in [9.17, 15) is 9.18 Å². The number of hydrogen-bond acceptors (Lipinski definition) is 3. The van der Waals surface area contributed by atoms with E-state index in [1.807, 2.05) is 12.1 Å². The highest BCUT2D eigenvalue weighted by molar-refractivity contribution is 7.17. The molecule has 1 aromatic carbocycles. The minimum absolute atomic E-state index is 0. The molecule has 1 fully saturated rings. The molecule has 2 aromatic rings. The van der Waals surface area contributed by atoms with Crippen molar-refractivity contribution in [2.45, 2.75) is 18.5 Å². The van der Waals surface area contributed by atoms with Gasteiger partial charge in [-0.25, -0.2) is 4.39 Å². The van der Waals surface area contributed by atoms with Crippen molar-refractivity contribution in [1.82, 2.24) is 10.6 Å². The standard InChI is InChI=1S/C15H17FN2OS.ClH/c16-15(6-8-17-10-15)14(19)18-7-5-11-9-20-13-4-2-1-3-12(11)13;/h1-4,9,17H,5-8,10H2,(H,18,19);1H. The second-order valence-electron chi connectivity index (χ2n) is 5.16. The molecule has 3 rings (SSSR count). The molecule has 1 aliphatic rings. The van der Waals surface area contributed by atoms with Crippen LogP contribution in [-0.4, -0.2) is 31.2 Å². The van der Waals surface area contributed by atoms with Gasteiger partial charge in [-0.3, -0.25) is 4.79 Å². The van der Waals surface area contributed by atoms with E-state index < -0.39 is 11.6 Å². The lowest BCUT2D eigenvalue weighted by molar-refractivity contribution is -0.131. The van der Waals surface area contributed by atoms with Gasteiger partial charge in [-0.2, -0.15) is 0 Å². The first-order chi connectivity index (χ1) is 9.69. The summed E-state index contributed by atoms with van der Waals surface area (Å²) in [7, 11) is 0. The Hall–Kier alpha value is -1.17. The lowest BCUT2D eigenvalue weighted by Gasteiger charge is -2.17. The highest BCUT2D eigenvalue weighted by Gasteiger charge is 2.41. The lowest BCUT2D eigenvalue weighted by Crippen LogP contribution is -2.45. The lowest BCUT2D eigenvalue weighted by atomic mass is 10.0. The van der Waals surface area contributed by atoms with Crippen LogP contribution < -0.4 is 10.6 Å². The van der Waals surface area contributed by atoms with E-state index in [2.05, 4.69) is 28.1 Å². The third kappa shape index (κ3) is 3.36. The average molecular weight is 329 g/mol. The van der Waals surface area contributed by atoms with E-state index in [1.165, 1.54) is 15.6 Å². The molecule has 1 saturated heterocycles. The first-order valence-electron chi connectivity index (χ1n) is 6.82. The number of carbonyl (C=O) groups excluding carboxylic acids is 1. The van der Waals surface area contributed by atoms with E-state index in [-0.39, 0.29) is 25.4 Å². The van der Waals surface area contributed by atoms with Crippen molar-refractivity contribution < 1.29 is 9.18 Å². The van der Waals surface area contributed by atoms with Gasteiger partial charge in [-0.05, 0) is 35.4 Å². The molecular formula is C15H18ClFN2OS. The SMILES string of the molecule is Cl.O=C(NCCc1csc2ccccc12)C1(F)CCNC1. The molecule has 1 unspecified atom stereocenters. The van der Waals surface area contributed by atoms with Crippen molar-refractivity contribution in [1.29, 1.82) is 0 Å². The topological polar surface area (TPSA) is 41.1 Å². The van der Waals surface area contributed by atoms with E-state index >= 15 is 0 Å². The van der Waals surface area contributed by atoms with Crippen LogP contribution >= 0.6 is 23.7 Å². The van der Waals surface area contributed by atoms with E-state index in [0.717, 1.165) is 6.42 Å². The van der Waals surface area contributed by atoms with Gasteiger partial charge < -0.3 is 10.6 Å². The van der Waals surface area contributed by atoms with E-state index in [0.29, 0.717) is 13.1 Å². The Labute approximate surface area is 133 Å². The van der Waals surface area contributed by atoms with Crippen molar-refractivity contribution in [2.24, 2.45) is 0 Å². The fraction of sp³-hybridized carbons (Fsp3) is 0.400. The predicted molar refractivity (Wildman–Crippen MR) is 87.1 cm³/mol. The quantitative estimate of drug-likeness (QED) is 0.906. The molecule has 2 N–H and O–H groups in total. The summed E-state index contributed by atoms with van der Waals surface area (Å²) in [6.07, 6.45) is 0.999. The number of rotatable bonds is 4. The molecule has 2 heterocycles. The molecule has 1 atom stereocenters. The highest BCUT2D eigenvalue weighted by atomic mass is 35.5. The van der Waals surface area contributed by atoms with E-state index in [1.54, 1.807) is 11.3 Å². The average Bonchev–Trinajstić information content (AvgIpc) is 3.07. The van der Waals surface area contributed by atoms with Gasteiger partial charge in [0.15, 0.2) is 0 Å². The smallest absolute Gasteiger partial charge is 0.259 e. The van der Waals surface area contributed by atoms with Crippen molar-refractivity contribution >= 4 is 39.7 Å². The maximum absolute atomic E-state index is 14.2. The predicted octanol–water partition coefficient (Wildman–Crippen LogP) is 2.68. The molecule has 0 radical (unpaired) electrons. The van der Waals surface area contributed by atoms with Gasteiger partial charge in [-0.15, -0.1) is 23.7 Å². The summed E-state index contributed by atoms with van der Waals surface area (Å²) in [5.41, 5.74) is -0.514. The summed E-state index contributed by atoms with van der Waals surface area (Å²) < 4.78 is 15.4. The zero-order chi connectivity index (χ0) is 14.0. The summed E-state index contributed by atoms with van der Waals surface area (Å²) >= 11 is 1.70. The molecule has 21 heavy (non-hydrogen) atoms. The highest BCUT2D eigenvalue weighted by Crippen LogP contribution is 2.26. The van der Waals surface area contributed by atoms with Crippen LogP contribution in [0.15, 0.2) is 29.6 Å². The van der Waals surface area contributed by atoms with Crippen molar-refractivity contribution in [3.63, 3.8) is 0 Å². The van der Waals surface area contributed by atoms with Crippen LogP contribution in [0.1, 0.15) is 12.0 Å². The Morgan fingerprint density at radius 2 is 2.24 bits per heavy atom. The molecule has 0 bridgehead atoms. The minimum atomic E-state index is -1.73. The van der Waals surface area contributed by atoms with Crippen LogP contribution in [0.5, 0.6) is 0 Å². The zero-order valence-corrected chi connectivity index (χ0v) is 13.2. The second kappa shape index (κ2) is 6.73. The van der Waals surface area contributed by atoms with Gasteiger partial charge in [0.2, 0.25) is 5.67 Å². The molecular weight excluding hydrogens is 311 g/mol. The van der Waals surface area contributed by atoms with Crippen LogP contribution in [0.4, 0.5) is 4.39 Å². The Balaban J connectivity index is 0.00000161. The Morgan fingerprint density at radius 1 is 1.43 bits per heavy atom. The second-order valence-corrected chi connectivity index (χ2v) is 6.07. The van der Waals surface area contributed by atoms with Crippen molar-refractivity contribution in [3.05, 3.63) is 35.2 Å². The number of amides is 1. The van der Waals surface area contributed by atoms with Crippen LogP contribution in [0, 0.1) is 0 Å². The summed E-state index contributed by atoms with van der Waals surface area (Å²) in [6.45, 7) is 1.17. The number of carbonyl (C=O) groups is 1. The number of alkyl halides is 1. The molecule has 6 heteroatoms. The van der Waals surface area contributed by atoms with Gasteiger partial charge in [0.1, 0.15) is 0 Å². The molecule has 1 amide bonds. The monoisotopic (exact) mass is 328 g/mol. The molecule has 114 valence electrons. The number of thiophene rings is 1. The Kier molecular flexibility index (Phi) is 5.19. The molecule has 3 nitrogen and oxygen atoms in total. The zero-order valence-electron chi connectivity index (χ0n) is 11.5. The molecule has 1 aliphatic heterocycles. The Morgan fingerprint density at radius 3 is 3.00 bits per heavy atom.